The Morgan fingerprint density at radius 3 is 2.62 bits per heavy atom. The van der Waals surface area contributed by atoms with Crippen LogP contribution in [0.3, 0.4) is 0 Å². The number of aromatic nitrogens is 3. The first-order chi connectivity index (χ1) is 18.8. The van der Waals surface area contributed by atoms with Gasteiger partial charge >= 0.3 is 0 Å². The van der Waals surface area contributed by atoms with Crippen molar-refractivity contribution in [1.82, 2.24) is 19.4 Å². The van der Waals surface area contributed by atoms with Crippen molar-refractivity contribution >= 4 is 32.6 Å². The van der Waals surface area contributed by atoms with E-state index in [4.69, 9.17) is 15.5 Å². The van der Waals surface area contributed by atoms with Gasteiger partial charge in [-0.15, -0.1) is 0 Å². The minimum absolute atomic E-state index is 0.0960. The molecule has 0 atom stereocenters. The number of amides is 1. The summed E-state index contributed by atoms with van der Waals surface area (Å²) in [6.07, 6.45) is 10.7. The summed E-state index contributed by atoms with van der Waals surface area (Å²) in [6, 6.07) is 10.1. The van der Waals surface area contributed by atoms with Gasteiger partial charge in [-0.3, -0.25) is 4.79 Å². The van der Waals surface area contributed by atoms with E-state index in [1.165, 1.54) is 6.26 Å². The topological polar surface area (TPSA) is 132 Å². The molecule has 1 saturated heterocycles. The van der Waals surface area contributed by atoms with E-state index in [-0.39, 0.29) is 29.7 Å². The lowest BCUT2D eigenvalue weighted by Crippen LogP contribution is -2.46. The van der Waals surface area contributed by atoms with Crippen LogP contribution in [0.5, 0.6) is 5.75 Å². The van der Waals surface area contributed by atoms with Crippen molar-refractivity contribution in [2.24, 2.45) is 11.7 Å². The van der Waals surface area contributed by atoms with E-state index in [1.807, 2.05) is 46.0 Å². The monoisotopic (exact) mass is 554 g/mol. The summed E-state index contributed by atoms with van der Waals surface area (Å²) in [4.78, 5) is 24.2. The first-order valence-electron chi connectivity index (χ1n) is 13.8. The number of nitrogens with one attached hydrogen (secondary N) is 1. The molecular formula is C28H38N6O4S. The second kappa shape index (κ2) is 11.9. The molecule has 1 aromatic carbocycles. The number of benzene rings is 1. The summed E-state index contributed by atoms with van der Waals surface area (Å²) in [5, 5.41) is 4.42. The van der Waals surface area contributed by atoms with Crippen molar-refractivity contribution in [3.05, 3.63) is 42.7 Å². The number of anilines is 1. The average Bonchev–Trinajstić information content (AvgIpc) is 3.36. The SMILES string of the molecule is CS(=O)(=O)CCCOc1cccc2c1ccn2-c1ccnc(NC2CCC(C(=O)N3CCC(N)CC3)CC2)n1. The van der Waals surface area contributed by atoms with Crippen molar-refractivity contribution in [1.29, 1.82) is 0 Å². The molecule has 2 aromatic heterocycles. The summed E-state index contributed by atoms with van der Waals surface area (Å²) in [5.74, 6) is 2.51. The maximum atomic E-state index is 12.9. The highest BCUT2D eigenvalue weighted by Gasteiger charge is 2.31. The number of rotatable bonds is 9. The van der Waals surface area contributed by atoms with Crippen LogP contribution in [-0.4, -0.2) is 77.5 Å². The molecule has 1 saturated carbocycles. The number of carbonyl (C=O) groups is 1. The Bertz CT molecular complexity index is 1390. The Morgan fingerprint density at radius 1 is 1.10 bits per heavy atom. The minimum Gasteiger partial charge on any atom is -0.493 e. The maximum absolute atomic E-state index is 12.9. The number of hydrogen-bond donors (Lipinski definition) is 2. The highest BCUT2D eigenvalue weighted by Crippen LogP contribution is 2.30. The van der Waals surface area contributed by atoms with Crippen LogP contribution >= 0.6 is 0 Å². The fraction of sp³-hybridized carbons (Fsp3) is 0.536. The second-order valence-electron chi connectivity index (χ2n) is 10.8. The van der Waals surface area contributed by atoms with Gasteiger partial charge in [0.2, 0.25) is 11.9 Å². The first-order valence-corrected chi connectivity index (χ1v) is 15.9. The van der Waals surface area contributed by atoms with Crippen molar-refractivity contribution in [2.75, 3.05) is 37.0 Å². The number of carbonyl (C=O) groups excluding carboxylic acids is 1. The van der Waals surface area contributed by atoms with E-state index in [2.05, 4.69) is 10.3 Å². The molecule has 0 radical (unpaired) electrons. The Kier molecular flexibility index (Phi) is 8.37. The zero-order valence-corrected chi connectivity index (χ0v) is 23.3. The fourth-order valence-electron chi connectivity index (χ4n) is 5.57. The van der Waals surface area contributed by atoms with Gasteiger partial charge in [0.05, 0.1) is 17.9 Å². The Labute approximate surface area is 229 Å². The standard InChI is InChI=1S/C28H38N6O4S/c1-39(36,37)19-3-18-38-25-5-2-4-24-23(25)13-17-34(24)26-10-14-30-28(32-26)31-22-8-6-20(7-9-22)27(35)33-15-11-21(29)12-16-33/h2,4-5,10,13-14,17,20-22H,3,6-9,11-12,15-16,18-19,29H2,1H3,(H,30,31,32). The van der Waals surface area contributed by atoms with Gasteiger partial charge in [-0.25, -0.2) is 13.4 Å². The molecule has 1 aliphatic heterocycles. The predicted molar refractivity (Wildman–Crippen MR) is 152 cm³/mol. The molecule has 3 heterocycles. The second-order valence-corrected chi connectivity index (χ2v) is 13.1. The van der Waals surface area contributed by atoms with Crippen LogP contribution in [0.1, 0.15) is 44.9 Å². The quantitative estimate of drug-likeness (QED) is 0.386. The maximum Gasteiger partial charge on any atom is 0.225 e. The average molecular weight is 555 g/mol. The lowest BCUT2D eigenvalue weighted by molar-refractivity contribution is -0.137. The first kappa shape index (κ1) is 27.4. The van der Waals surface area contributed by atoms with Gasteiger partial charge in [0.25, 0.3) is 0 Å². The molecule has 2 fully saturated rings. The number of hydrogen-bond acceptors (Lipinski definition) is 8. The normalized spacial score (nSPS) is 20.7. The van der Waals surface area contributed by atoms with E-state index in [1.54, 1.807) is 6.20 Å². The Balaban J connectivity index is 1.19. The molecule has 5 rings (SSSR count). The summed E-state index contributed by atoms with van der Waals surface area (Å²) < 4.78 is 30.7. The fourth-order valence-corrected chi connectivity index (χ4v) is 6.21. The number of sulfone groups is 1. The van der Waals surface area contributed by atoms with Crippen LogP contribution < -0.4 is 15.8 Å². The largest absolute Gasteiger partial charge is 0.493 e. The van der Waals surface area contributed by atoms with Crippen LogP contribution in [0.2, 0.25) is 0 Å². The third kappa shape index (κ3) is 6.88. The molecular weight excluding hydrogens is 516 g/mol. The Morgan fingerprint density at radius 2 is 1.87 bits per heavy atom. The number of ether oxygens (including phenoxy) is 1. The van der Waals surface area contributed by atoms with E-state index in [0.717, 1.165) is 68.3 Å². The lowest BCUT2D eigenvalue weighted by Gasteiger charge is -2.35. The molecule has 0 bridgehead atoms. The van der Waals surface area contributed by atoms with Crippen molar-refractivity contribution < 1.29 is 17.9 Å². The zero-order chi connectivity index (χ0) is 27.4. The third-order valence-corrected chi connectivity index (χ3v) is 8.79. The predicted octanol–water partition coefficient (Wildman–Crippen LogP) is 3.15. The van der Waals surface area contributed by atoms with Gasteiger partial charge in [-0.2, -0.15) is 4.98 Å². The van der Waals surface area contributed by atoms with Crippen LogP contribution in [0.25, 0.3) is 16.7 Å². The lowest BCUT2D eigenvalue weighted by atomic mass is 9.84. The van der Waals surface area contributed by atoms with E-state index in [0.29, 0.717) is 24.7 Å². The Hall–Kier alpha value is -3.18. The summed E-state index contributed by atoms with van der Waals surface area (Å²) in [6.45, 7) is 1.90. The molecule has 3 aromatic rings. The number of nitrogens with zero attached hydrogens (tertiary/aromatic N) is 4. The molecule has 2 aliphatic rings. The van der Waals surface area contributed by atoms with Crippen molar-refractivity contribution in [3.8, 4) is 11.6 Å². The highest BCUT2D eigenvalue weighted by molar-refractivity contribution is 7.90. The van der Waals surface area contributed by atoms with Crippen LogP contribution in [-0.2, 0) is 14.6 Å². The zero-order valence-electron chi connectivity index (χ0n) is 22.5. The molecule has 1 amide bonds. The number of piperidine rings is 1. The molecule has 0 spiro atoms. The van der Waals surface area contributed by atoms with Crippen LogP contribution in [0, 0.1) is 5.92 Å². The van der Waals surface area contributed by atoms with E-state index < -0.39 is 9.84 Å². The van der Waals surface area contributed by atoms with Gasteiger partial charge in [-0.05, 0) is 69.2 Å². The molecule has 210 valence electrons. The number of fused-ring (bicyclic) bond motifs is 1. The summed E-state index contributed by atoms with van der Waals surface area (Å²) >= 11 is 0. The molecule has 10 nitrogen and oxygen atoms in total. The molecule has 11 heteroatoms. The minimum atomic E-state index is -3.01. The summed E-state index contributed by atoms with van der Waals surface area (Å²) in [7, 11) is -3.01. The smallest absolute Gasteiger partial charge is 0.225 e. The van der Waals surface area contributed by atoms with Gasteiger partial charge in [-0.1, -0.05) is 6.07 Å². The van der Waals surface area contributed by atoms with Crippen molar-refractivity contribution in [2.45, 2.75) is 57.0 Å². The van der Waals surface area contributed by atoms with Crippen LogP contribution in [0.4, 0.5) is 5.95 Å². The molecule has 0 unspecified atom stereocenters. The van der Waals surface area contributed by atoms with E-state index >= 15 is 0 Å². The van der Waals surface area contributed by atoms with Gasteiger partial charge in [0.1, 0.15) is 21.4 Å². The van der Waals surface area contributed by atoms with Crippen molar-refractivity contribution in [3.63, 3.8) is 0 Å². The number of nitrogens with two attached hydrogens (primary N) is 1. The molecule has 1 aliphatic carbocycles. The third-order valence-electron chi connectivity index (χ3n) is 7.76. The number of likely N-dealkylation sites (tertiary alicyclic amines) is 1. The van der Waals surface area contributed by atoms with Gasteiger partial charge < -0.3 is 25.3 Å². The molecule has 3 N–H and O–H groups in total. The summed E-state index contributed by atoms with van der Waals surface area (Å²) in [5.41, 5.74) is 6.94. The van der Waals surface area contributed by atoms with E-state index in [9.17, 15) is 13.2 Å². The van der Waals surface area contributed by atoms with Crippen LogP contribution in [0.15, 0.2) is 42.7 Å². The molecule has 39 heavy (non-hydrogen) atoms. The highest BCUT2D eigenvalue weighted by atomic mass is 32.2. The van der Waals surface area contributed by atoms with Gasteiger partial charge in [0.15, 0.2) is 0 Å². The van der Waals surface area contributed by atoms with Gasteiger partial charge in [0, 0.05) is 55.1 Å².